The first-order valence-corrected chi connectivity index (χ1v) is 6.31. The van der Waals surface area contributed by atoms with E-state index in [1.54, 1.807) is 4.90 Å². The van der Waals surface area contributed by atoms with Crippen LogP contribution in [0.3, 0.4) is 0 Å². The van der Waals surface area contributed by atoms with Gasteiger partial charge in [0.25, 0.3) is 0 Å². The molecule has 0 radical (unpaired) electrons. The van der Waals surface area contributed by atoms with Crippen molar-refractivity contribution in [1.29, 1.82) is 0 Å². The maximum Gasteiger partial charge on any atom is 0.248 e. The molecule has 1 fully saturated rings. The van der Waals surface area contributed by atoms with Crippen molar-refractivity contribution in [2.75, 3.05) is 26.3 Å². The first-order valence-electron chi connectivity index (χ1n) is 5.93. The second-order valence-electron chi connectivity index (χ2n) is 4.32. The average Bonchev–Trinajstić information content (AvgIpc) is 2.41. The van der Waals surface area contributed by atoms with Crippen molar-refractivity contribution >= 4 is 17.5 Å². The fraction of sp³-hybridized carbons (Fsp3) is 0.462. The minimum atomic E-state index is -0.437. The van der Waals surface area contributed by atoms with Crippen LogP contribution in [-0.4, -0.2) is 48.3 Å². The van der Waals surface area contributed by atoms with E-state index in [1.165, 1.54) is 0 Å². The maximum atomic E-state index is 11.4. The number of morpholine rings is 1. The van der Waals surface area contributed by atoms with Gasteiger partial charge in [-0.15, -0.1) is 0 Å². The van der Waals surface area contributed by atoms with Crippen LogP contribution in [0.2, 0.25) is 5.02 Å². The molecule has 0 bridgehead atoms. The number of halogens is 1. The molecule has 1 aliphatic heterocycles. The van der Waals surface area contributed by atoms with Crippen LogP contribution in [0.4, 0.5) is 0 Å². The summed E-state index contributed by atoms with van der Waals surface area (Å²) < 4.78 is 5.63. The van der Waals surface area contributed by atoms with E-state index in [1.807, 2.05) is 24.3 Å². The number of aliphatic hydroxyl groups excluding tert-OH is 1. The first-order chi connectivity index (χ1) is 8.69. The van der Waals surface area contributed by atoms with Crippen LogP contribution in [0.1, 0.15) is 5.56 Å². The van der Waals surface area contributed by atoms with E-state index in [0.717, 1.165) is 12.0 Å². The number of hydrogen-bond acceptors (Lipinski definition) is 3. The Balaban J connectivity index is 1.93. The van der Waals surface area contributed by atoms with Crippen molar-refractivity contribution in [2.24, 2.45) is 0 Å². The fourth-order valence-corrected chi connectivity index (χ4v) is 2.18. The van der Waals surface area contributed by atoms with Crippen molar-refractivity contribution in [3.8, 4) is 0 Å². The lowest BCUT2D eigenvalue weighted by Gasteiger charge is -2.32. The predicted octanol–water partition coefficient (Wildman–Crippen LogP) is 1.10. The third-order valence-electron chi connectivity index (χ3n) is 3.00. The highest BCUT2D eigenvalue weighted by Crippen LogP contribution is 2.14. The minimum absolute atomic E-state index is 0.0181. The molecule has 1 saturated heterocycles. The van der Waals surface area contributed by atoms with Crippen LogP contribution in [0, 0.1) is 0 Å². The largest absolute Gasteiger partial charge is 0.387 e. The molecule has 0 aliphatic carbocycles. The molecule has 1 N–H and O–H groups in total. The van der Waals surface area contributed by atoms with Gasteiger partial charge in [0.05, 0.1) is 12.7 Å². The van der Waals surface area contributed by atoms with E-state index in [4.69, 9.17) is 21.4 Å². The monoisotopic (exact) mass is 269 g/mol. The molecule has 1 heterocycles. The van der Waals surface area contributed by atoms with Crippen molar-refractivity contribution in [3.05, 3.63) is 34.9 Å². The Labute approximate surface area is 111 Å². The van der Waals surface area contributed by atoms with Gasteiger partial charge < -0.3 is 14.7 Å². The van der Waals surface area contributed by atoms with Crippen molar-refractivity contribution < 1.29 is 14.6 Å². The molecular weight excluding hydrogens is 254 g/mol. The number of benzene rings is 1. The number of carbonyl (C=O) groups excluding carboxylic acids is 1. The molecule has 1 aromatic carbocycles. The van der Waals surface area contributed by atoms with Gasteiger partial charge in [0, 0.05) is 24.5 Å². The van der Waals surface area contributed by atoms with Gasteiger partial charge in [-0.05, 0) is 17.7 Å². The molecule has 1 atom stereocenters. The lowest BCUT2D eigenvalue weighted by molar-refractivity contribution is -0.141. The van der Waals surface area contributed by atoms with Crippen LogP contribution in [0.15, 0.2) is 24.3 Å². The Morgan fingerprint density at radius 3 is 2.83 bits per heavy atom. The molecule has 0 saturated carbocycles. The summed E-state index contributed by atoms with van der Waals surface area (Å²) in [4.78, 5) is 13.1. The summed E-state index contributed by atoms with van der Waals surface area (Å²) in [6, 6.07) is 7.60. The van der Waals surface area contributed by atoms with Crippen molar-refractivity contribution in [3.63, 3.8) is 0 Å². The molecule has 18 heavy (non-hydrogen) atoms. The van der Waals surface area contributed by atoms with Crippen LogP contribution >= 0.6 is 11.6 Å². The summed E-state index contributed by atoms with van der Waals surface area (Å²) >= 11 is 5.83. The number of hydrogen-bond donors (Lipinski definition) is 1. The zero-order valence-corrected chi connectivity index (χ0v) is 10.8. The van der Waals surface area contributed by atoms with E-state index in [2.05, 4.69) is 0 Å². The summed E-state index contributed by atoms with van der Waals surface area (Å²) in [6.45, 7) is 1.16. The summed E-state index contributed by atoms with van der Waals surface area (Å²) in [5, 5.41) is 9.56. The molecule has 1 aliphatic rings. The fourth-order valence-electron chi connectivity index (χ4n) is 2.05. The van der Waals surface area contributed by atoms with E-state index in [-0.39, 0.29) is 12.0 Å². The summed E-state index contributed by atoms with van der Waals surface area (Å²) in [7, 11) is 0. The standard InChI is InChI=1S/C13H16ClNO3/c14-11-3-1-10(2-4-11)7-12-8-15(5-6-18-12)13(17)9-16/h1-4,12,16H,5-9H2/t12-/m0/s1. The molecule has 1 aromatic rings. The molecular formula is C13H16ClNO3. The predicted molar refractivity (Wildman–Crippen MR) is 68.6 cm³/mol. The highest BCUT2D eigenvalue weighted by atomic mass is 35.5. The quantitative estimate of drug-likeness (QED) is 0.894. The lowest BCUT2D eigenvalue weighted by Crippen LogP contribution is -2.47. The van der Waals surface area contributed by atoms with Gasteiger partial charge in [-0.1, -0.05) is 23.7 Å². The zero-order chi connectivity index (χ0) is 13.0. The summed E-state index contributed by atoms with van der Waals surface area (Å²) in [5.41, 5.74) is 1.13. The van der Waals surface area contributed by atoms with E-state index < -0.39 is 6.61 Å². The van der Waals surface area contributed by atoms with E-state index in [0.29, 0.717) is 24.7 Å². The van der Waals surface area contributed by atoms with Gasteiger partial charge in [0.1, 0.15) is 6.61 Å². The highest BCUT2D eigenvalue weighted by molar-refractivity contribution is 6.30. The third kappa shape index (κ3) is 3.45. The summed E-state index contributed by atoms with van der Waals surface area (Å²) in [6.07, 6.45) is 0.724. The van der Waals surface area contributed by atoms with Gasteiger partial charge in [0.15, 0.2) is 0 Å². The Hall–Kier alpha value is -1.10. The first kappa shape index (κ1) is 13.3. The molecule has 2 rings (SSSR count). The number of aliphatic hydroxyl groups is 1. The van der Waals surface area contributed by atoms with Crippen molar-refractivity contribution in [1.82, 2.24) is 4.90 Å². The Morgan fingerprint density at radius 2 is 2.17 bits per heavy atom. The van der Waals surface area contributed by atoms with Gasteiger partial charge in [-0.3, -0.25) is 4.79 Å². The molecule has 0 unspecified atom stereocenters. The van der Waals surface area contributed by atoms with Crippen LogP contribution in [0.5, 0.6) is 0 Å². The molecule has 0 aromatic heterocycles. The average molecular weight is 270 g/mol. The van der Waals surface area contributed by atoms with Gasteiger partial charge in [-0.2, -0.15) is 0 Å². The molecule has 98 valence electrons. The van der Waals surface area contributed by atoms with Crippen molar-refractivity contribution in [2.45, 2.75) is 12.5 Å². The molecule has 4 nitrogen and oxygen atoms in total. The van der Waals surface area contributed by atoms with Crippen LogP contribution in [-0.2, 0) is 16.0 Å². The van der Waals surface area contributed by atoms with Gasteiger partial charge >= 0.3 is 0 Å². The van der Waals surface area contributed by atoms with Crippen LogP contribution < -0.4 is 0 Å². The second kappa shape index (κ2) is 6.18. The lowest BCUT2D eigenvalue weighted by atomic mass is 10.1. The van der Waals surface area contributed by atoms with Gasteiger partial charge in [0.2, 0.25) is 5.91 Å². The number of carbonyl (C=O) groups is 1. The molecule has 1 amide bonds. The normalized spacial score (nSPS) is 19.9. The third-order valence-corrected chi connectivity index (χ3v) is 3.26. The second-order valence-corrected chi connectivity index (χ2v) is 4.76. The molecule has 5 heteroatoms. The number of nitrogens with zero attached hydrogens (tertiary/aromatic N) is 1. The minimum Gasteiger partial charge on any atom is -0.387 e. The van der Waals surface area contributed by atoms with E-state index >= 15 is 0 Å². The Kier molecular flexibility index (Phi) is 4.58. The number of ether oxygens (including phenoxy) is 1. The summed E-state index contributed by atoms with van der Waals surface area (Å²) in [5.74, 6) is -0.237. The molecule has 0 spiro atoms. The highest BCUT2D eigenvalue weighted by Gasteiger charge is 2.23. The maximum absolute atomic E-state index is 11.4. The smallest absolute Gasteiger partial charge is 0.248 e. The Morgan fingerprint density at radius 1 is 1.44 bits per heavy atom. The topological polar surface area (TPSA) is 49.8 Å². The van der Waals surface area contributed by atoms with Crippen LogP contribution in [0.25, 0.3) is 0 Å². The Bertz CT molecular complexity index is 407. The number of amides is 1. The van der Waals surface area contributed by atoms with E-state index in [9.17, 15) is 4.79 Å². The SMILES string of the molecule is O=C(CO)N1CCO[C@@H](Cc2ccc(Cl)cc2)C1. The van der Waals surface area contributed by atoms with Gasteiger partial charge in [-0.25, -0.2) is 0 Å². The number of rotatable bonds is 3. The zero-order valence-electron chi connectivity index (χ0n) is 10.0.